The average Bonchev–Trinajstić information content (AvgIpc) is 2.41. The minimum atomic E-state index is -4.16. The first kappa shape index (κ1) is 16.3. The van der Waals surface area contributed by atoms with Crippen LogP contribution in [-0.2, 0) is 10.0 Å². The molecular formula is C12H14BrFN2O4S. The fourth-order valence-electron chi connectivity index (χ4n) is 2.12. The van der Waals surface area contributed by atoms with Gasteiger partial charge in [0.2, 0.25) is 0 Å². The largest absolute Gasteiger partial charge is 0.478 e. The molecule has 0 radical (unpaired) electrons. The lowest BCUT2D eigenvalue weighted by atomic mass is 10.2. The fourth-order valence-corrected chi connectivity index (χ4v) is 3.98. The van der Waals surface area contributed by atoms with E-state index in [1.165, 1.54) is 5.01 Å². The summed E-state index contributed by atoms with van der Waals surface area (Å²) >= 11 is 3.00. The number of hydrazine groups is 1. The molecule has 0 aromatic heterocycles. The summed E-state index contributed by atoms with van der Waals surface area (Å²) in [6.07, 6.45) is 2.72. The summed E-state index contributed by atoms with van der Waals surface area (Å²) in [6, 6.07) is 2.08. The maximum atomic E-state index is 14.1. The maximum Gasteiger partial charge on any atom is 0.338 e. The molecule has 0 saturated carbocycles. The first-order valence-corrected chi connectivity index (χ1v) is 8.58. The van der Waals surface area contributed by atoms with E-state index in [-0.39, 0.29) is 4.47 Å². The molecule has 1 aliphatic heterocycles. The standard InChI is InChI=1S/C12H14BrFN2O4S/c13-8-6-9(12(17)18)11(14)10(7-8)21(19,20)15-16-4-2-1-3-5-16/h6-7,15H,1-5H2,(H,17,18). The van der Waals surface area contributed by atoms with Crippen molar-refractivity contribution in [2.45, 2.75) is 24.2 Å². The maximum absolute atomic E-state index is 14.1. The van der Waals surface area contributed by atoms with E-state index in [1.54, 1.807) is 0 Å². The van der Waals surface area contributed by atoms with Crippen LogP contribution >= 0.6 is 15.9 Å². The second-order valence-corrected chi connectivity index (χ2v) is 7.26. The summed E-state index contributed by atoms with van der Waals surface area (Å²) in [5.41, 5.74) is -0.691. The predicted molar refractivity (Wildman–Crippen MR) is 76.8 cm³/mol. The number of nitrogens with zero attached hydrogens (tertiary/aromatic N) is 1. The van der Waals surface area contributed by atoms with Gasteiger partial charge in [-0.2, -0.15) is 0 Å². The summed E-state index contributed by atoms with van der Waals surface area (Å²) in [6.45, 7) is 1.08. The van der Waals surface area contributed by atoms with Crippen molar-refractivity contribution in [2.24, 2.45) is 0 Å². The molecule has 116 valence electrons. The van der Waals surface area contributed by atoms with Gasteiger partial charge >= 0.3 is 5.97 Å². The number of carboxylic acid groups (broad SMARTS) is 1. The first-order chi connectivity index (χ1) is 9.81. The van der Waals surface area contributed by atoms with E-state index < -0.39 is 32.3 Å². The molecule has 2 N–H and O–H groups in total. The van der Waals surface area contributed by atoms with Crippen LogP contribution in [0.2, 0.25) is 0 Å². The van der Waals surface area contributed by atoms with E-state index in [9.17, 15) is 17.6 Å². The number of rotatable bonds is 4. The number of halogens is 2. The molecule has 1 heterocycles. The zero-order valence-electron chi connectivity index (χ0n) is 11.0. The van der Waals surface area contributed by atoms with Crippen LogP contribution < -0.4 is 4.83 Å². The van der Waals surface area contributed by atoms with Gasteiger partial charge < -0.3 is 5.11 Å². The molecule has 1 aromatic rings. The lowest BCUT2D eigenvalue weighted by Crippen LogP contribution is -2.45. The van der Waals surface area contributed by atoms with Crippen LogP contribution in [0.1, 0.15) is 29.6 Å². The van der Waals surface area contributed by atoms with Crippen molar-refractivity contribution in [3.05, 3.63) is 28.0 Å². The Labute approximate surface area is 130 Å². The zero-order valence-corrected chi connectivity index (χ0v) is 13.4. The van der Waals surface area contributed by atoms with Gasteiger partial charge in [0.15, 0.2) is 5.82 Å². The SMILES string of the molecule is O=C(O)c1cc(Br)cc(S(=O)(=O)NN2CCCCC2)c1F. The molecule has 1 saturated heterocycles. The number of carboxylic acids is 1. The molecule has 1 aliphatic rings. The van der Waals surface area contributed by atoms with E-state index >= 15 is 0 Å². The number of sulfonamides is 1. The Kier molecular flexibility index (Phi) is 4.97. The molecule has 0 atom stereocenters. The number of nitrogens with one attached hydrogen (secondary N) is 1. The molecule has 21 heavy (non-hydrogen) atoms. The van der Waals surface area contributed by atoms with E-state index in [0.717, 1.165) is 31.4 Å². The monoisotopic (exact) mass is 380 g/mol. The molecule has 9 heteroatoms. The van der Waals surface area contributed by atoms with Gasteiger partial charge in [-0.15, -0.1) is 4.83 Å². The number of aromatic carboxylic acids is 1. The topological polar surface area (TPSA) is 86.7 Å². The van der Waals surface area contributed by atoms with Gasteiger partial charge in [-0.25, -0.2) is 22.6 Å². The van der Waals surface area contributed by atoms with Crippen LogP contribution in [-0.4, -0.2) is 37.6 Å². The molecule has 0 unspecified atom stereocenters. The molecule has 2 rings (SSSR count). The summed E-state index contributed by atoms with van der Waals surface area (Å²) < 4.78 is 38.8. The average molecular weight is 381 g/mol. The first-order valence-electron chi connectivity index (χ1n) is 6.31. The number of benzene rings is 1. The Balaban J connectivity index is 2.37. The highest BCUT2D eigenvalue weighted by Gasteiger charge is 2.27. The second-order valence-electron chi connectivity index (χ2n) is 4.71. The van der Waals surface area contributed by atoms with Crippen LogP contribution in [0.15, 0.2) is 21.5 Å². The van der Waals surface area contributed by atoms with Crippen LogP contribution in [0, 0.1) is 5.82 Å². The van der Waals surface area contributed by atoms with Gasteiger partial charge in [0.25, 0.3) is 10.0 Å². The summed E-state index contributed by atoms with van der Waals surface area (Å²) in [7, 11) is -4.16. The van der Waals surface area contributed by atoms with Crippen LogP contribution in [0.3, 0.4) is 0 Å². The van der Waals surface area contributed by atoms with Crippen molar-refractivity contribution in [1.29, 1.82) is 0 Å². The van der Waals surface area contributed by atoms with E-state index in [0.29, 0.717) is 13.1 Å². The van der Waals surface area contributed by atoms with E-state index in [1.807, 2.05) is 0 Å². The quantitative estimate of drug-likeness (QED) is 0.833. The van der Waals surface area contributed by atoms with Crippen molar-refractivity contribution >= 4 is 31.9 Å². The molecule has 1 aromatic carbocycles. The van der Waals surface area contributed by atoms with Gasteiger partial charge in [-0.1, -0.05) is 22.4 Å². The van der Waals surface area contributed by atoms with E-state index in [2.05, 4.69) is 20.8 Å². The minimum absolute atomic E-state index is 0.181. The van der Waals surface area contributed by atoms with Crippen LogP contribution in [0.5, 0.6) is 0 Å². The van der Waals surface area contributed by atoms with E-state index in [4.69, 9.17) is 5.11 Å². The third-order valence-corrected chi connectivity index (χ3v) is 4.96. The Morgan fingerprint density at radius 2 is 1.90 bits per heavy atom. The number of hydrogen-bond acceptors (Lipinski definition) is 4. The molecule has 0 aliphatic carbocycles. The van der Waals surface area contributed by atoms with Crippen molar-refractivity contribution in [3.63, 3.8) is 0 Å². The highest BCUT2D eigenvalue weighted by molar-refractivity contribution is 9.10. The predicted octanol–water partition coefficient (Wildman–Crippen LogP) is 1.97. The molecule has 0 bridgehead atoms. The zero-order chi connectivity index (χ0) is 15.6. The summed E-state index contributed by atoms with van der Waals surface area (Å²) in [5, 5.41) is 10.4. The number of piperidine rings is 1. The Morgan fingerprint density at radius 1 is 1.29 bits per heavy atom. The third-order valence-electron chi connectivity index (χ3n) is 3.13. The van der Waals surface area contributed by atoms with Crippen molar-refractivity contribution in [2.75, 3.05) is 13.1 Å². The van der Waals surface area contributed by atoms with Crippen molar-refractivity contribution < 1.29 is 22.7 Å². The van der Waals surface area contributed by atoms with Gasteiger partial charge in [-0.3, -0.25) is 0 Å². The molecule has 1 fully saturated rings. The van der Waals surface area contributed by atoms with Gasteiger partial charge in [0.05, 0.1) is 5.56 Å². The Hall–Kier alpha value is -1.03. The lowest BCUT2D eigenvalue weighted by molar-refractivity contribution is 0.0691. The van der Waals surface area contributed by atoms with Crippen molar-refractivity contribution in [3.8, 4) is 0 Å². The molecule has 6 nitrogen and oxygen atoms in total. The second kappa shape index (κ2) is 6.39. The van der Waals surface area contributed by atoms with Crippen LogP contribution in [0.25, 0.3) is 0 Å². The highest BCUT2D eigenvalue weighted by atomic mass is 79.9. The molecule has 0 spiro atoms. The highest BCUT2D eigenvalue weighted by Crippen LogP contribution is 2.24. The number of hydrogen-bond donors (Lipinski definition) is 2. The van der Waals surface area contributed by atoms with Crippen LogP contribution in [0.4, 0.5) is 4.39 Å². The third kappa shape index (κ3) is 3.79. The van der Waals surface area contributed by atoms with Gasteiger partial charge in [-0.05, 0) is 25.0 Å². The van der Waals surface area contributed by atoms with Gasteiger partial charge in [0.1, 0.15) is 4.90 Å². The summed E-state index contributed by atoms with van der Waals surface area (Å²) in [4.78, 5) is 12.6. The molecule has 0 amide bonds. The van der Waals surface area contributed by atoms with Gasteiger partial charge in [0, 0.05) is 17.6 Å². The fraction of sp³-hybridized carbons (Fsp3) is 0.417. The smallest absolute Gasteiger partial charge is 0.338 e. The summed E-state index contributed by atoms with van der Waals surface area (Å²) in [5.74, 6) is -2.79. The van der Waals surface area contributed by atoms with Crippen molar-refractivity contribution in [1.82, 2.24) is 9.84 Å². The lowest BCUT2D eigenvalue weighted by Gasteiger charge is -2.26. The Bertz CT molecular complexity index is 659. The number of carbonyl (C=O) groups is 1. The molecular weight excluding hydrogens is 367 g/mol. The minimum Gasteiger partial charge on any atom is -0.478 e. The Morgan fingerprint density at radius 3 is 2.48 bits per heavy atom. The normalized spacial score (nSPS) is 16.9.